The smallest absolute Gasteiger partial charge is 0.288 e. The molecule has 1 fully saturated rings. The van der Waals surface area contributed by atoms with Gasteiger partial charge >= 0.3 is 0 Å². The van der Waals surface area contributed by atoms with E-state index in [0.717, 1.165) is 19.0 Å². The Kier molecular flexibility index (Phi) is 4.72. The average molecular weight is 292 g/mol. The number of nitrogens with zero attached hydrogens (tertiary/aromatic N) is 2. The van der Waals surface area contributed by atoms with Gasteiger partial charge in [0.1, 0.15) is 12.0 Å². The SMILES string of the molecule is CNc1ncc([N+](=O)[O-])cc1C(=O)NC(C)C1CCCC1. The third-order valence-corrected chi connectivity index (χ3v) is 4.03. The van der Waals surface area contributed by atoms with Crippen LogP contribution in [-0.2, 0) is 0 Å². The fourth-order valence-corrected chi connectivity index (χ4v) is 2.79. The molecule has 2 rings (SSSR count). The van der Waals surface area contributed by atoms with Crippen molar-refractivity contribution in [2.75, 3.05) is 12.4 Å². The van der Waals surface area contributed by atoms with Crippen molar-refractivity contribution in [3.05, 3.63) is 27.9 Å². The molecule has 1 heterocycles. The minimum absolute atomic E-state index is 0.0592. The van der Waals surface area contributed by atoms with Gasteiger partial charge in [-0.1, -0.05) is 12.8 Å². The van der Waals surface area contributed by atoms with Gasteiger partial charge in [0.25, 0.3) is 11.6 Å². The van der Waals surface area contributed by atoms with Gasteiger partial charge in [-0.25, -0.2) is 4.98 Å². The molecule has 1 aliphatic rings. The van der Waals surface area contributed by atoms with Crippen LogP contribution in [-0.4, -0.2) is 28.9 Å². The number of anilines is 1. The van der Waals surface area contributed by atoms with Crippen LogP contribution in [0.15, 0.2) is 12.3 Å². The molecular formula is C14H20N4O3. The second-order valence-electron chi connectivity index (χ2n) is 5.40. The molecule has 114 valence electrons. The summed E-state index contributed by atoms with van der Waals surface area (Å²) in [5.41, 5.74) is 0.0178. The van der Waals surface area contributed by atoms with E-state index in [0.29, 0.717) is 11.7 Å². The Bertz CT molecular complexity index is 541. The van der Waals surface area contributed by atoms with Gasteiger partial charge in [0, 0.05) is 19.2 Å². The van der Waals surface area contributed by atoms with E-state index in [2.05, 4.69) is 15.6 Å². The highest BCUT2D eigenvalue weighted by Gasteiger charge is 2.25. The van der Waals surface area contributed by atoms with Crippen molar-refractivity contribution in [2.24, 2.45) is 5.92 Å². The lowest BCUT2D eigenvalue weighted by Gasteiger charge is -2.20. The predicted molar refractivity (Wildman–Crippen MR) is 79.3 cm³/mol. The van der Waals surface area contributed by atoms with E-state index in [4.69, 9.17) is 0 Å². The van der Waals surface area contributed by atoms with Gasteiger partial charge in [0.15, 0.2) is 0 Å². The Morgan fingerprint density at radius 1 is 1.48 bits per heavy atom. The van der Waals surface area contributed by atoms with Gasteiger partial charge in [0.05, 0.1) is 10.5 Å². The van der Waals surface area contributed by atoms with Crippen molar-refractivity contribution in [3.63, 3.8) is 0 Å². The van der Waals surface area contributed by atoms with Crippen LogP contribution in [0, 0.1) is 16.0 Å². The number of rotatable bonds is 5. The summed E-state index contributed by atoms with van der Waals surface area (Å²) in [5, 5.41) is 16.5. The monoisotopic (exact) mass is 292 g/mol. The largest absolute Gasteiger partial charge is 0.372 e. The molecule has 0 spiro atoms. The topological polar surface area (TPSA) is 97.2 Å². The van der Waals surface area contributed by atoms with E-state index in [-0.39, 0.29) is 23.2 Å². The molecule has 21 heavy (non-hydrogen) atoms. The maximum atomic E-state index is 12.4. The van der Waals surface area contributed by atoms with Crippen LogP contribution in [0.2, 0.25) is 0 Å². The first-order chi connectivity index (χ1) is 10.0. The molecule has 1 unspecified atom stereocenters. The van der Waals surface area contributed by atoms with Gasteiger partial charge in [-0.2, -0.15) is 0 Å². The minimum atomic E-state index is -0.552. The number of pyridine rings is 1. The number of hydrogen-bond donors (Lipinski definition) is 2. The molecule has 0 aromatic carbocycles. The molecule has 0 bridgehead atoms. The van der Waals surface area contributed by atoms with Gasteiger partial charge in [-0.15, -0.1) is 0 Å². The maximum Gasteiger partial charge on any atom is 0.288 e. The second kappa shape index (κ2) is 6.51. The summed E-state index contributed by atoms with van der Waals surface area (Å²) in [5.74, 6) is 0.505. The predicted octanol–water partition coefficient (Wildman–Crippen LogP) is 2.34. The van der Waals surface area contributed by atoms with Crippen LogP contribution in [0.3, 0.4) is 0 Å². The fourth-order valence-electron chi connectivity index (χ4n) is 2.79. The van der Waals surface area contributed by atoms with E-state index < -0.39 is 4.92 Å². The van der Waals surface area contributed by atoms with Crippen LogP contribution >= 0.6 is 0 Å². The molecule has 1 atom stereocenters. The molecule has 0 saturated heterocycles. The molecule has 1 aromatic rings. The maximum absolute atomic E-state index is 12.4. The molecule has 1 aliphatic carbocycles. The molecule has 1 saturated carbocycles. The molecule has 1 amide bonds. The van der Waals surface area contributed by atoms with E-state index in [1.807, 2.05) is 6.92 Å². The lowest BCUT2D eigenvalue weighted by molar-refractivity contribution is -0.385. The van der Waals surface area contributed by atoms with E-state index in [9.17, 15) is 14.9 Å². The van der Waals surface area contributed by atoms with Crippen molar-refractivity contribution in [1.29, 1.82) is 0 Å². The van der Waals surface area contributed by atoms with E-state index >= 15 is 0 Å². The Labute approximate surface area is 123 Å². The van der Waals surface area contributed by atoms with Gasteiger partial charge in [0.2, 0.25) is 0 Å². The number of aromatic nitrogens is 1. The fraction of sp³-hybridized carbons (Fsp3) is 0.571. The third-order valence-electron chi connectivity index (χ3n) is 4.03. The standard InChI is InChI=1S/C14H20N4O3/c1-9(10-5-3-4-6-10)17-14(19)12-7-11(18(20)21)8-16-13(12)15-2/h7-10H,3-6H2,1-2H3,(H,15,16)(H,17,19). The van der Waals surface area contributed by atoms with Crippen molar-refractivity contribution in [1.82, 2.24) is 10.3 Å². The van der Waals surface area contributed by atoms with Crippen molar-refractivity contribution in [3.8, 4) is 0 Å². The minimum Gasteiger partial charge on any atom is -0.372 e. The van der Waals surface area contributed by atoms with E-state index in [1.165, 1.54) is 18.9 Å². The normalized spacial score (nSPS) is 16.5. The highest BCUT2D eigenvalue weighted by Crippen LogP contribution is 2.28. The molecule has 2 N–H and O–H groups in total. The summed E-state index contributed by atoms with van der Waals surface area (Å²) in [6.45, 7) is 1.98. The summed E-state index contributed by atoms with van der Waals surface area (Å²) in [6, 6.07) is 1.32. The number of amides is 1. The lowest BCUT2D eigenvalue weighted by atomic mass is 9.99. The first-order valence-electron chi connectivity index (χ1n) is 7.16. The van der Waals surface area contributed by atoms with Crippen LogP contribution in [0.4, 0.5) is 11.5 Å². The van der Waals surface area contributed by atoms with Crippen LogP contribution in [0.25, 0.3) is 0 Å². The zero-order valence-electron chi connectivity index (χ0n) is 12.3. The average Bonchev–Trinajstić information content (AvgIpc) is 3.00. The Morgan fingerprint density at radius 3 is 2.71 bits per heavy atom. The van der Waals surface area contributed by atoms with Crippen LogP contribution < -0.4 is 10.6 Å². The molecule has 0 aliphatic heterocycles. The molecule has 7 heteroatoms. The Balaban J connectivity index is 2.16. The van der Waals surface area contributed by atoms with E-state index in [1.54, 1.807) is 7.05 Å². The molecule has 0 radical (unpaired) electrons. The number of carbonyl (C=O) groups is 1. The van der Waals surface area contributed by atoms with Crippen LogP contribution in [0.1, 0.15) is 43.0 Å². The number of carbonyl (C=O) groups excluding carboxylic acids is 1. The summed E-state index contributed by atoms with van der Waals surface area (Å²) in [4.78, 5) is 26.6. The van der Waals surface area contributed by atoms with Crippen molar-refractivity contribution in [2.45, 2.75) is 38.6 Å². The van der Waals surface area contributed by atoms with Gasteiger partial charge in [-0.3, -0.25) is 14.9 Å². The Hall–Kier alpha value is -2.18. The quantitative estimate of drug-likeness (QED) is 0.641. The van der Waals surface area contributed by atoms with Gasteiger partial charge < -0.3 is 10.6 Å². The summed E-state index contributed by atoms with van der Waals surface area (Å²) in [6.07, 6.45) is 5.78. The zero-order valence-corrected chi connectivity index (χ0v) is 12.3. The molecule has 7 nitrogen and oxygen atoms in total. The number of hydrogen-bond acceptors (Lipinski definition) is 5. The third kappa shape index (κ3) is 3.48. The lowest BCUT2D eigenvalue weighted by Crippen LogP contribution is -2.37. The van der Waals surface area contributed by atoms with Crippen molar-refractivity contribution < 1.29 is 9.72 Å². The highest BCUT2D eigenvalue weighted by atomic mass is 16.6. The zero-order chi connectivity index (χ0) is 15.4. The number of nitro groups is 1. The van der Waals surface area contributed by atoms with Crippen LogP contribution in [0.5, 0.6) is 0 Å². The second-order valence-corrected chi connectivity index (χ2v) is 5.40. The molecular weight excluding hydrogens is 272 g/mol. The summed E-state index contributed by atoms with van der Waals surface area (Å²) >= 11 is 0. The van der Waals surface area contributed by atoms with Gasteiger partial charge in [-0.05, 0) is 25.7 Å². The number of nitrogens with one attached hydrogen (secondary N) is 2. The van der Waals surface area contributed by atoms with Crippen molar-refractivity contribution >= 4 is 17.4 Å². The molecule has 1 aromatic heterocycles. The highest BCUT2D eigenvalue weighted by molar-refractivity contribution is 5.99. The first kappa shape index (κ1) is 15.2. The summed E-state index contributed by atoms with van der Waals surface area (Å²) in [7, 11) is 1.63. The summed E-state index contributed by atoms with van der Waals surface area (Å²) < 4.78 is 0. The Morgan fingerprint density at radius 2 is 2.14 bits per heavy atom. The first-order valence-corrected chi connectivity index (χ1v) is 7.16.